The number of hydrogen-bond acceptors (Lipinski definition) is 6. The summed E-state index contributed by atoms with van der Waals surface area (Å²) >= 11 is 0. The zero-order valence-corrected chi connectivity index (χ0v) is 17.4. The Hall–Kier alpha value is -3.06. The van der Waals surface area contributed by atoms with Crippen molar-refractivity contribution in [1.29, 1.82) is 0 Å². The Morgan fingerprint density at radius 2 is 1.87 bits per heavy atom. The number of nitrogens with one attached hydrogen (secondary N) is 1. The second kappa shape index (κ2) is 8.75. The number of anilines is 2. The van der Waals surface area contributed by atoms with Crippen LogP contribution in [0.25, 0.3) is 0 Å². The molecule has 0 bridgehead atoms. The molecule has 1 saturated heterocycles. The summed E-state index contributed by atoms with van der Waals surface area (Å²) in [6, 6.07) is 13.6. The monoisotopic (exact) mass is 409 g/mol. The predicted molar refractivity (Wildman–Crippen MR) is 115 cm³/mol. The number of carbonyl (C=O) groups excluding carboxylic acids is 2. The minimum atomic E-state index is -0.456. The molecule has 158 valence electrons. The van der Waals surface area contributed by atoms with E-state index in [1.807, 2.05) is 36.4 Å². The predicted octanol–water partition coefficient (Wildman–Crippen LogP) is 2.90. The highest BCUT2D eigenvalue weighted by Crippen LogP contribution is 2.31. The molecule has 0 aromatic heterocycles. The molecule has 0 spiro atoms. The quantitative estimate of drug-likeness (QED) is 0.766. The van der Waals surface area contributed by atoms with Crippen LogP contribution in [0.2, 0.25) is 0 Å². The van der Waals surface area contributed by atoms with E-state index >= 15 is 0 Å². The summed E-state index contributed by atoms with van der Waals surface area (Å²) in [6.45, 7) is 8.48. The molecular weight excluding hydrogens is 382 g/mol. The lowest BCUT2D eigenvalue weighted by Crippen LogP contribution is -2.46. The molecule has 1 N–H and O–H groups in total. The Kier molecular flexibility index (Phi) is 5.90. The van der Waals surface area contributed by atoms with E-state index in [9.17, 15) is 9.59 Å². The van der Waals surface area contributed by atoms with Crippen LogP contribution in [0.5, 0.6) is 5.75 Å². The summed E-state index contributed by atoms with van der Waals surface area (Å²) in [5.41, 5.74) is 3.60. The first-order valence-electron chi connectivity index (χ1n) is 10.4. The maximum absolute atomic E-state index is 11.8. The number of esters is 1. The fourth-order valence-electron chi connectivity index (χ4n) is 3.80. The Labute approximate surface area is 176 Å². The van der Waals surface area contributed by atoms with Crippen molar-refractivity contribution in [3.63, 3.8) is 0 Å². The zero-order chi connectivity index (χ0) is 21.1. The maximum atomic E-state index is 11.8. The summed E-state index contributed by atoms with van der Waals surface area (Å²) in [4.78, 5) is 28.4. The molecule has 2 aliphatic rings. The summed E-state index contributed by atoms with van der Waals surface area (Å²) in [5, 5.41) is 2.91. The van der Waals surface area contributed by atoms with Crippen LogP contribution in [0.4, 0.5) is 11.4 Å². The van der Waals surface area contributed by atoms with Gasteiger partial charge >= 0.3 is 5.97 Å². The van der Waals surface area contributed by atoms with Crippen molar-refractivity contribution >= 4 is 23.3 Å². The highest BCUT2D eigenvalue weighted by molar-refractivity contribution is 5.97. The average Bonchev–Trinajstić information content (AvgIpc) is 2.76. The molecule has 1 fully saturated rings. The lowest BCUT2D eigenvalue weighted by molar-refractivity contribution is -0.122. The fourth-order valence-corrected chi connectivity index (χ4v) is 3.80. The van der Waals surface area contributed by atoms with Gasteiger partial charge in [-0.3, -0.25) is 9.69 Å². The van der Waals surface area contributed by atoms with Gasteiger partial charge in [0.25, 0.3) is 5.91 Å². The molecule has 7 heteroatoms. The number of amides is 1. The van der Waals surface area contributed by atoms with Gasteiger partial charge in [-0.15, -0.1) is 0 Å². The summed E-state index contributed by atoms with van der Waals surface area (Å²) in [7, 11) is 0. The van der Waals surface area contributed by atoms with Crippen molar-refractivity contribution in [3.05, 3.63) is 53.6 Å². The number of nitrogens with zero attached hydrogens (tertiary/aromatic N) is 2. The highest BCUT2D eigenvalue weighted by atomic mass is 16.5. The summed E-state index contributed by atoms with van der Waals surface area (Å²) in [6.07, 6.45) is -0.456. The van der Waals surface area contributed by atoms with Crippen LogP contribution in [-0.2, 0) is 16.1 Å². The molecule has 2 aromatic carbocycles. The van der Waals surface area contributed by atoms with E-state index < -0.39 is 6.10 Å². The number of carbonyl (C=O) groups is 2. The van der Waals surface area contributed by atoms with Crippen LogP contribution < -0.4 is 15.0 Å². The molecule has 4 rings (SSSR count). The molecule has 0 radical (unpaired) electrons. The standard InChI is InChI=1S/C23H27N3O4/c1-3-29-23(28)18-5-7-19(8-6-18)26-12-10-25(11-13-26)15-17-4-9-21-20(14-17)24-22(27)16(2)30-21/h4-9,14,16H,3,10-13,15H2,1-2H3,(H,24,27). The van der Waals surface area contributed by atoms with E-state index in [0.29, 0.717) is 12.2 Å². The topological polar surface area (TPSA) is 71.1 Å². The third kappa shape index (κ3) is 4.41. The minimum Gasteiger partial charge on any atom is -0.479 e. The van der Waals surface area contributed by atoms with Gasteiger partial charge in [-0.2, -0.15) is 0 Å². The summed E-state index contributed by atoms with van der Waals surface area (Å²) < 4.78 is 10.7. The molecular formula is C23H27N3O4. The van der Waals surface area contributed by atoms with Crippen LogP contribution in [0, 0.1) is 0 Å². The SMILES string of the molecule is CCOC(=O)c1ccc(N2CCN(Cc3ccc4c(c3)NC(=O)C(C)O4)CC2)cc1. The van der Waals surface area contributed by atoms with Gasteiger partial charge in [-0.25, -0.2) is 4.79 Å². The molecule has 2 aromatic rings. The highest BCUT2D eigenvalue weighted by Gasteiger charge is 2.24. The summed E-state index contributed by atoms with van der Waals surface area (Å²) in [5.74, 6) is 0.333. The maximum Gasteiger partial charge on any atom is 0.338 e. The van der Waals surface area contributed by atoms with Crippen molar-refractivity contribution in [2.24, 2.45) is 0 Å². The lowest BCUT2D eigenvalue weighted by Gasteiger charge is -2.36. The molecule has 1 atom stereocenters. The number of ether oxygens (including phenoxy) is 2. The van der Waals surface area contributed by atoms with E-state index in [1.54, 1.807) is 13.8 Å². The Bertz CT molecular complexity index is 921. The lowest BCUT2D eigenvalue weighted by atomic mass is 10.1. The molecule has 2 heterocycles. The van der Waals surface area contributed by atoms with Crippen molar-refractivity contribution in [3.8, 4) is 5.75 Å². The Morgan fingerprint density at radius 3 is 2.57 bits per heavy atom. The zero-order valence-electron chi connectivity index (χ0n) is 17.4. The van der Waals surface area contributed by atoms with Gasteiger partial charge in [0.1, 0.15) is 5.75 Å². The van der Waals surface area contributed by atoms with E-state index in [0.717, 1.165) is 55.4 Å². The minimum absolute atomic E-state index is 0.109. The first-order chi connectivity index (χ1) is 14.5. The molecule has 1 amide bonds. The molecule has 30 heavy (non-hydrogen) atoms. The van der Waals surface area contributed by atoms with Gasteiger partial charge in [0, 0.05) is 38.4 Å². The van der Waals surface area contributed by atoms with Crippen molar-refractivity contribution < 1.29 is 19.1 Å². The van der Waals surface area contributed by atoms with Gasteiger partial charge in [-0.05, 0) is 55.8 Å². The van der Waals surface area contributed by atoms with Crippen LogP contribution in [0.3, 0.4) is 0 Å². The Balaban J connectivity index is 1.32. The smallest absolute Gasteiger partial charge is 0.338 e. The third-order valence-electron chi connectivity index (χ3n) is 5.50. The molecule has 0 aliphatic carbocycles. The van der Waals surface area contributed by atoms with Crippen LogP contribution in [0.15, 0.2) is 42.5 Å². The number of benzene rings is 2. The molecule has 2 aliphatic heterocycles. The van der Waals surface area contributed by atoms with Crippen LogP contribution >= 0.6 is 0 Å². The van der Waals surface area contributed by atoms with Crippen molar-refractivity contribution in [2.45, 2.75) is 26.5 Å². The van der Waals surface area contributed by atoms with Crippen LogP contribution in [0.1, 0.15) is 29.8 Å². The average molecular weight is 409 g/mol. The number of fused-ring (bicyclic) bond motifs is 1. The number of piperazine rings is 1. The normalized spacial score (nSPS) is 18.9. The fraction of sp³-hybridized carbons (Fsp3) is 0.391. The molecule has 0 saturated carbocycles. The van der Waals surface area contributed by atoms with Crippen LogP contribution in [-0.4, -0.2) is 55.7 Å². The second-order valence-corrected chi connectivity index (χ2v) is 7.61. The molecule has 7 nitrogen and oxygen atoms in total. The van der Waals surface area contributed by atoms with E-state index in [4.69, 9.17) is 9.47 Å². The van der Waals surface area contributed by atoms with Crippen molar-refractivity contribution in [2.75, 3.05) is 43.0 Å². The van der Waals surface area contributed by atoms with Gasteiger partial charge < -0.3 is 19.7 Å². The number of hydrogen-bond donors (Lipinski definition) is 1. The molecule has 1 unspecified atom stereocenters. The third-order valence-corrected chi connectivity index (χ3v) is 5.50. The van der Waals surface area contributed by atoms with Gasteiger partial charge in [0.15, 0.2) is 6.10 Å². The Morgan fingerprint density at radius 1 is 1.13 bits per heavy atom. The first-order valence-corrected chi connectivity index (χ1v) is 10.4. The van der Waals surface area contributed by atoms with E-state index in [1.165, 1.54) is 0 Å². The van der Waals surface area contributed by atoms with Gasteiger partial charge in [0.05, 0.1) is 17.9 Å². The van der Waals surface area contributed by atoms with Gasteiger partial charge in [0.2, 0.25) is 0 Å². The van der Waals surface area contributed by atoms with Crippen molar-refractivity contribution in [1.82, 2.24) is 4.90 Å². The largest absolute Gasteiger partial charge is 0.479 e. The first kappa shape index (κ1) is 20.2. The number of rotatable bonds is 5. The van der Waals surface area contributed by atoms with Gasteiger partial charge in [-0.1, -0.05) is 6.07 Å². The second-order valence-electron chi connectivity index (χ2n) is 7.61. The van der Waals surface area contributed by atoms with E-state index in [2.05, 4.69) is 21.2 Å². The van der Waals surface area contributed by atoms with E-state index in [-0.39, 0.29) is 11.9 Å².